The van der Waals surface area contributed by atoms with Gasteiger partial charge in [0.2, 0.25) is 0 Å². The summed E-state index contributed by atoms with van der Waals surface area (Å²) in [5, 5.41) is 0. The Morgan fingerprint density at radius 2 is 2.50 bits per heavy atom. The molecular formula is C4H7FO. The van der Waals surface area contributed by atoms with E-state index in [0.29, 0.717) is 6.29 Å². The first-order valence-electron chi connectivity index (χ1n) is 1.85. The Morgan fingerprint density at radius 3 is 2.50 bits per heavy atom. The van der Waals surface area contributed by atoms with Crippen LogP contribution in [0.3, 0.4) is 0 Å². The number of alkyl halides is 1. The van der Waals surface area contributed by atoms with Gasteiger partial charge in [-0.15, -0.1) is 0 Å². The molecule has 0 saturated heterocycles. The number of carbonyl (C=O) groups excluding carboxylic acids is 1. The quantitative estimate of drug-likeness (QED) is 0.460. The number of rotatable bonds is 2. The highest BCUT2D eigenvalue weighted by molar-refractivity contribution is 5.49. The monoisotopic (exact) mass is 89.1 g/mol. The van der Waals surface area contributed by atoms with E-state index in [1.807, 2.05) is 0 Å². The van der Waals surface area contributed by atoms with Crippen molar-refractivity contribution in [1.29, 1.82) is 0 Å². The fraction of sp³-hybridized carbons (Fsp3) is 0.750. The molecule has 0 spiro atoms. The molecule has 1 unspecified atom stereocenters. The summed E-state index contributed by atoms with van der Waals surface area (Å²) < 4.78 is 11.5. The largest absolute Gasteiger partial charge is 0.303 e. The summed E-state index contributed by atoms with van der Waals surface area (Å²) in [6.07, 6.45) is -0.368. The normalized spacial score (nSPS) is 13.7. The first-order chi connectivity index (χ1) is 2.77. The molecule has 0 heterocycles. The highest BCUT2D eigenvalue weighted by atomic mass is 18.2. The molecule has 1 nitrogen and oxygen atoms in total. The van der Waals surface area contributed by atoms with E-state index in [-0.39, 0.29) is 6.42 Å². The van der Waals surface area contributed by atoms with Gasteiger partial charge in [-0.2, -0.15) is 0 Å². The summed E-state index contributed by atoms with van der Waals surface area (Å²) in [6, 6.07) is 0. The van der Waals surface area contributed by atoms with Gasteiger partial charge in [-0.3, -0.25) is 0 Å². The van der Waals surface area contributed by atoms with Crippen LogP contribution in [-0.4, -0.2) is 12.5 Å². The van der Waals surface area contributed by atoms with Crippen LogP contribution in [0.5, 0.6) is 0 Å². The summed E-state index contributed by atoms with van der Waals surface area (Å²) in [5.74, 6) is 0. The van der Waals surface area contributed by atoms with E-state index in [2.05, 4.69) is 0 Å². The molecule has 0 aromatic heterocycles. The molecule has 0 amide bonds. The second-order valence-electron chi connectivity index (χ2n) is 1.18. The third kappa shape index (κ3) is 3.60. The summed E-state index contributed by atoms with van der Waals surface area (Å²) in [6.45, 7) is 1.36. The Bertz CT molecular complexity index is 42.8. The van der Waals surface area contributed by atoms with Crippen LogP contribution in [0.25, 0.3) is 0 Å². The zero-order chi connectivity index (χ0) is 4.99. The van der Waals surface area contributed by atoms with Gasteiger partial charge in [0.1, 0.15) is 12.5 Å². The van der Waals surface area contributed by atoms with E-state index >= 15 is 0 Å². The highest BCUT2D eigenvalue weighted by Gasteiger charge is 1.90. The zero-order valence-electron chi connectivity index (χ0n) is 3.65. The average molecular weight is 89.1 g/mol. The minimum Gasteiger partial charge on any atom is -0.303 e. The number of carbonyl (C=O) groups is 1. The van der Waals surface area contributed by atoms with Crippen molar-refractivity contribution in [2.24, 2.45) is 0 Å². The maximum Gasteiger partial charge on any atom is 0.122 e. The Kier molecular flexibility index (Phi) is 2.63. The van der Waals surface area contributed by atoms with Crippen molar-refractivity contribution < 1.29 is 9.18 Å². The molecule has 0 saturated carbocycles. The number of hydrogen-bond acceptors (Lipinski definition) is 1. The second-order valence-corrected chi connectivity index (χ2v) is 1.18. The molecule has 0 aromatic rings. The Balaban J connectivity index is 2.81. The van der Waals surface area contributed by atoms with Crippen LogP contribution in [0.1, 0.15) is 13.3 Å². The van der Waals surface area contributed by atoms with Crippen LogP contribution in [0.15, 0.2) is 0 Å². The van der Waals surface area contributed by atoms with Gasteiger partial charge in [-0.1, -0.05) is 0 Å². The standard InChI is InChI=1S/C4H7FO/c1-4(5)2-3-6/h3-4H,2H2,1H3/i5-1. The topological polar surface area (TPSA) is 17.1 Å². The minimum absolute atomic E-state index is 0.0278. The molecule has 0 fully saturated rings. The molecule has 0 aromatic carbocycles. The molecule has 2 heteroatoms. The summed E-state index contributed by atoms with van der Waals surface area (Å²) in [4.78, 5) is 9.38. The Hall–Kier alpha value is -0.400. The van der Waals surface area contributed by atoms with Crippen molar-refractivity contribution in [2.45, 2.75) is 19.5 Å². The van der Waals surface area contributed by atoms with E-state index in [0.717, 1.165) is 0 Å². The van der Waals surface area contributed by atoms with E-state index in [9.17, 15) is 9.18 Å². The third-order valence-corrected chi connectivity index (χ3v) is 0.421. The Labute approximate surface area is 36.2 Å². The summed E-state index contributed by atoms with van der Waals surface area (Å²) >= 11 is 0. The molecule has 6 heavy (non-hydrogen) atoms. The van der Waals surface area contributed by atoms with Gasteiger partial charge in [0.05, 0.1) is 0 Å². The lowest BCUT2D eigenvalue weighted by molar-refractivity contribution is -0.108. The molecule has 0 aliphatic carbocycles. The van der Waals surface area contributed by atoms with Gasteiger partial charge in [-0.25, -0.2) is 4.39 Å². The van der Waals surface area contributed by atoms with Crippen LogP contribution < -0.4 is 0 Å². The van der Waals surface area contributed by atoms with Crippen LogP contribution in [0.4, 0.5) is 4.39 Å². The van der Waals surface area contributed by atoms with Crippen molar-refractivity contribution in [3.05, 3.63) is 0 Å². The van der Waals surface area contributed by atoms with Gasteiger partial charge in [0.15, 0.2) is 0 Å². The third-order valence-electron chi connectivity index (χ3n) is 0.421. The summed E-state index contributed by atoms with van der Waals surface area (Å²) in [7, 11) is 0. The van der Waals surface area contributed by atoms with Crippen molar-refractivity contribution in [3.63, 3.8) is 0 Å². The number of hydrogen-bond donors (Lipinski definition) is 0. The molecule has 0 aliphatic heterocycles. The van der Waals surface area contributed by atoms with E-state index in [1.165, 1.54) is 6.92 Å². The zero-order valence-corrected chi connectivity index (χ0v) is 3.65. The molecule has 0 N–H and O–H groups in total. The minimum atomic E-state index is -0.970. The molecule has 1 atom stereocenters. The summed E-state index contributed by atoms with van der Waals surface area (Å²) in [5.41, 5.74) is 0. The smallest absolute Gasteiger partial charge is 0.122 e. The number of halogens is 1. The fourth-order valence-electron chi connectivity index (χ4n) is 0.133. The molecule has 0 radical (unpaired) electrons. The van der Waals surface area contributed by atoms with Crippen LogP contribution in [-0.2, 0) is 4.79 Å². The molecule has 0 aliphatic rings. The maximum atomic E-state index is 11.5. The van der Waals surface area contributed by atoms with Gasteiger partial charge >= 0.3 is 0 Å². The van der Waals surface area contributed by atoms with E-state index in [4.69, 9.17) is 0 Å². The van der Waals surface area contributed by atoms with Gasteiger partial charge in [0, 0.05) is 6.42 Å². The van der Waals surface area contributed by atoms with Gasteiger partial charge < -0.3 is 4.79 Å². The lowest BCUT2D eigenvalue weighted by Crippen LogP contribution is -1.90. The van der Waals surface area contributed by atoms with Gasteiger partial charge in [0.25, 0.3) is 0 Å². The highest BCUT2D eigenvalue weighted by Crippen LogP contribution is 1.88. The first-order valence-corrected chi connectivity index (χ1v) is 1.85. The SMILES string of the molecule is CC([18F])CC=O. The molecule has 0 bridgehead atoms. The van der Waals surface area contributed by atoms with Crippen LogP contribution in [0, 0.1) is 0 Å². The first kappa shape index (κ1) is 5.60. The van der Waals surface area contributed by atoms with Crippen molar-refractivity contribution >= 4 is 6.29 Å². The fourth-order valence-corrected chi connectivity index (χ4v) is 0.133. The predicted octanol–water partition coefficient (Wildman–Crippen LogP) is 0.933. The van der Waals surface area contributed by atoms with Crippen molar-refractivity contribution in [3.8, 4) is 0 Å². The van der Waals surface area contributed by atoms with Crippen molar-refractivity contribution in [1.82, 2.24) is 0 Å². The lowest BCUT2D eigenvalue weighted by Gasteiger charge is -1.85. The molecular weight excluding hydrogens is 82.0 g/mol. The van der Waals surface area contributed by atoms with Gasteiger partial charge in [-0.05, 0) is 6.92 Å². The van der Waals surface area contributed by atoms with Crippen molar-refractivity contribution in [2.75, 3.05) is 0 Å². The van der Waals surface area contributed by atoms with Crippen LogP contribution >= 0.6 is 0 Å². The molecule has 0 rings (SSSR count). The Morgan fingerprint density at radius 1 is 2.00 bits per heavy atom. The predicted molar refractivity (Wildman–Crippen MR) is 21.3 cm³/mol. The average Bonchev–Trinajstić information content (AvgIpc) is 1.35. The molecule has 36 valence electrons. The van der Waals surface area contributed by atoms with E-state index in [1.54, 1.807) is 0 Å². The maximum absolute atomic E-state index is 11.5. The second kappa shape index (κ2) is 2.82. The van der Waals surface area contributed by atoms with Crippen LogP contribution in [0.2, 0.25) is 0 Å². The number of aldehydes is 1. The van der Waals surface area contributed by atoms with E-state index < -0.39 is 6.17 Å². The lowest BCUT2D eigenvalue weighted by atomic mass is 10.3.